The van der Waals surface area contributed by atoms with Gasteiger partial charge >= 0.3 is 0 Å². The van der Waals surface area contributed by atoms with E-state index in [-0.39, 0.29) is 4.90 Å². The number of thiophene rings is 1. The molecular weight excluding hydrogens is 368 g/mol. The number of carbonyl (C=O) groups is 1. The fourth-order valence-electron chi connectivity index (χ4n) is 3.18. The fourth-order valence-corrected chi connectivity index (χ4v) is 5.12. The molecule has 0 aliphatic heterocycles. The second-order valence-electron chi connectivity index (χ2n) is 6.86. The summed E-state index contributed by atoms with van der Waals surface area (Å²) in [6, 6.07) is 8.61. The lowest BCUT2D eigenvalue weighted by atomic mass is 9.90. The smallest absolute Gasteiger partial charge is 0.273 e. The molecule has 3 rings (SSSR count). The third-order valence-electron chi connectivity index (χ3n) is 4.62. The molecule has 1 aromatic carbocycles. The molecule has 0 spiro atoms. The topological polar surface area (TPSA) is 75.3 Å². The lowest BCUT2D eigenvalue weighted by Gasteiger charge is -2.16. The molecule has 0 fully saturated rings. The van der Waals surface area contributed by atoms with E-state index in [9.17, 15) is 13.2 Å². The monoisotopic (exact) mass is 392 g/mol. The molecule has 2 N–H and O–H groups in total. The molecule has 26 heavy (non-hydrogen) atoms. The van der Waals surface area contributed by atoms with Crippen molar-refractivity contribution >= 4 is 27.3 Å². The van der Waals surface area contributed by atoms with Crippen molar-refractivity contribution in [2.45, 2.75) is 50.8 Å². The number of rotatable bonds is 6. The van der Waals surface area contributed by atoms with Gasteiger partial charge in [-0.1, -0.05) is 32.4 Å². The number of fused-ring (bicyclic) bond motifs is 1. The zero-order valence-corrected chi connectivity index (χ0v) is 16.7. The molecule has 5 nitrogen and oxygen atoms in total. The molecule has 1 aliphatic carbocycles. The van der Waals surface area contributed by atoms with Gasteiger partial charge in [-0.25, -0.2) is 8.42 Å². The lowest BCUT2D eigenvalue weighted by molar-refractivity contribution is 0.0949. The number of benzene rings is 1. The van der Waals surface area contributed by atoms with Crippen molar-refractivity contribution in [2.24, 2.45) is 5.92 Å². The van der Waals surface area contributed by atoms with Gasteiger partial charge in [-0.05, 0) is 60.9 Å². The van der Waals surface area contributed by atoms with E-state index in [0.29, 0.717) is 10.8 Å². The Hall–Kier alpha value is -1.70. The SMILES string of the molecule is CCCc1ccc(S(=O)(=O)NNC(=O)c2cc3c(s2)CCC(C)C3)cc1. The average Bonchev–Trinajstić information content (AvgIpc) is 3.04. The van der Waals surface area contributed by atoms with Crippen molar-refractivity contribution < 1.29 is 13.2 Å². The Morgan fingerprint density at radius 2 is 2.00 bits per heavy atom. The van der Waals surface area contributed by atoms with Crippen LogP contribution < -0.4 is 10.3 Å². The largest absolute Gasteiger partial charge is 0.276 e. The van der Waals surface area contributed by atoms with Gasteiger partial charge in [0.05, 0.1) is 9.77 Å². The van der Waals surface area contributed by atoms with Crippen molar-refractivity contribution in [3.05, 3.63) is 51.2 Å². The zero-order chi connectivity index (χ0) is 18.7. The molecule has 1 unspecified atom stereocenters. The van der Waals surface area contributed by atoms with Gasteiger partial charge < -0.3 is 0 Å². The van der Waals surface area contributed by atoms with E-state index in [1.54, 1.807) is 24.3 Å². The maximum absolute atomic E-state index is 12.4. The van der Waals surface area contributed by atoms with Gasteiger partial charge in [0.25, 0.3) is 15.9 Å². The van der Waals surface area contributed by atoms with Crippen LogP contribution in [-0.4, -0.2) is 14.3 Å². The summed E-state index contributed by atoms with van der Waals surface area (Å²) in [5, 5.41) is 0. The number of carbonyl (C=O) groups excluding carboxylic acids is 1. The second-order valence-corrected chi connectivity index (χ2v) is 9.68. The van der Waals surface area contributed by atoms with Crippen LogP contribution in [0.15, 0.2) is 35.2 Å². The van der Waals surface area contributed by atoms with Gasteiger partial charge in [-0.2, -0.15) is 0 Å². The molecule has 0 radical (unpaired) electrons. The summed E-state index contributed by atoms with van der Waals surface area (Å²) >= 11 is 1.45. The van der Waals surface area contributed by atoms with Crippen LogP contribution in [0.25, 0.3) is 0 Å². The molecule has 0 saturated heterocycles. The van der Waals surface area contributed by atoms with Crippen LogP contribution in [-0.2, 0) is 29.3 Å². The maximum atomic E-state index is 12.4. The number of hydrazine groups is 1. The summed E-state index contributed by atoms with van der Waals surface area (Å²) in [6.07, 6.45) is 5.02. The van der Waals surface area contributed by atoms with Crippen molar-refractivity contribution in [1.29, 1.82) is 0 Å². The van der Waals surface area contributed by atoms with E-state index in [1.165, 1.54) is 21.8 Å². The molecule has 1 heterocycles. The highest BCUT2D eigenvalue weighted by molar-refractivity contribution is 7.89. The van der Waals surface area contributed by atoms with Crippen LogP contribution in [0.3, 0.4) is 0 Å². The zero-order valence-electron chi connectivity index (χ0n) is 15.0. The van der Waals surface area contributed by atoms with Crippen LogP contribution >= 0.6 is 11.3 Å². The Balaban J connectivity index is 1.65. The first-order valence-corrected chi connectivity index (χ1v) is 11.2. The summed E-state index contributed by atoms with van der Waals surface area (Å²) in [4.78, 5) is 16.4. The molecule has 1 amide bonds. The van der Waals surface area contributed by atoms with Gasteiger partial charge in [-0.15, -0.1) is 16.2 Å². The van der Waals surface area contributed by atoms with Crippen LogP contribution in [0.4, 0.5) is 0 Å². The van der Waals surface area contributed by atoms with Gasteiger partial charge in [0, 0.05) is 4.88 Å². The van der Waals surface area contributed by atoms with E-state index in [4.69, 9.17) is 0 Å². The van der Waals surface area contributed by atoms with Gasteiger partial charge in [0.15, 0.2) is 0 Å². The predicted octanol–water partition coefficient (Wildman–Crippen LogP) is 3.45. The van der Waals surface area contributed by atoms with Crippen molar-refractivity contribution in [3.8, 4) is 0 Å². The van der Waals surface area contributed by atoms with Crippen LogP contribution in [0.5, 0.6) is 0 Å². The molecule has 1 aliphatic rings. The average molecular weight is 393 g/mol. The van der Waals surface area contributed by atoms with E-state index < -0.39 is 15.9 Å². The second kappa shape index (κ2) is 7.90. The van der Waals surface area contributed by atoms with E-state index in [1.807, 2.05) is 6.07 Å². The summed E-state index contributed by atoms with van der Waals surface area (Å²) in [5.74, 6) is 0.213. The minimum absolute atomic E-state index is 0.136. The first-order chi connectivity index (χ1) is 12.4. The first-order valence-electron chi connectivity index (χ1n) is 8.91. The normalized spacial score (nSPS) is 16.9. The molecule has 0 bridgehead atoms. The first kappa shape index (κ1) is 19.1. The highest BCUT2D eigenvalue weighted by atomic mass is 32.2. The lowest BCUT2D eigenvalue weighted by Crippen LogP contribution is -2.41. The molecule has 1 atom stereocenters. The third kappa shape index (κ3) is 4.34. The third-order valence-corrected chi connectivity index (χ3v) is 7.12. The van der Waals surface area contributed by atoms with Crippen LogP contribution in [0, 0.1) is 5.92 Å². The number of hydrogen-bond donors (Lipinski definition) is 2. The van der Waals surface area contributed by atoms with E-state index >= 15 is 0 Å². The Kier molecular flexibility index (Phi) is 5.79. The number of sulfonamides is 1. The quantitative estimate of drug-likeness (QED) is 0.740. The Morgan fingerprint density at radius 1 is 1.27 bits per heavy atom. The molecule has 1 aromatic heterocycles. The van der Waals surface area contributed by atoms with Crippen molar-refractivity contribution in [2.75, 3.05) is 0 Å². The van der Waals surface area contributed by atoms with Crippen molar-refractivity contribution in [3.63, 3.8) is 0 Å². The van der Waals surface area contributed by atoms with Crippen molar-refractivity contribution in [1.82, 2.24) is 10.3 Å². The Bertz CT molecular complexity index is 886. The number of aryl methyl sites for hydroxylation is 2. The molecule has 7 heteroatoms. The van der Waals surface area contributed by atoms with Crippen LogP contribution in [0.1, 0.15) is 52.4 Å². The number of amides is 1. The minimum atomic E-state index is -3.78. The van der Waals surface area contributed by atoms with Crippen LogP contribution in [0.2, 0.25) is 0 Å². The number of nitrogens with one attached hydrogen (secondary N) is 2. The molecule has 2 aromatic rings. The highest BCUT2D eigenvalue weighted by Crippen LogP contribution is 2.32. The summed E-state index contributed by atoms with van der Waals surface area (Å²) < 4.78 is 24.7. The summed E-state index contributed by atoms with van der Waals surface area (Å²) in [6.45, 7) is 4.28. The summed E-state index contributed by atoms with van der Waals surface area (Å²) in [7, 11) is -3.78. The Morgan fingerprint density at radius 3 is 2.69 bits per heavy atom. The van der Waals surface area contributed by atoms with E-state index in [0.717, 1.165) is 37.7 Å². The number of hydrogen-bond acceptors (Lipinski definition) is 4. The summed E-state index contributed by atoms with van der Waals surface area (Å²) in [5.41, 5.74) is 4.64. The standard InChI is InChI=1S/C19H24N2O3S2/c1-3-4-14-6-8-16(9-7-14)26(23,24)21-20-19(22)18-12-15-11-13(2)5-10-17(15)25-18/h6-9,12-13,21H,3-5,10-11H2,1-2H3,(H,20,22). The van der Waals surface area contributed by atoms with Gasteiger partial charge in [0.2, 0.25) is 0 Å². The molecule has 140 valence electrons. The van der Waals surface area contributed by atoms with Gasteiger partial charge in [0.1, 0.15) is 0 Å². The van der Waals surface area contributed by atoms with Gasteiger partial charge in [-0.3, -0.25) is 10.2 Å². The highest BCUT2D eigenvalue weighted by Gasteiger charge is 2.22. The van der Waals surface area contributed by atoms with E-state index in [2.05, 4.69) is 24.1 Å². The molecular formula is C19H24N2O3S2. The molecule has 0 saturated carbocycles. The minimum Gasteiger partial charge on any atom is -0.273 e. The fraction of sp³-hybridized carbons (Fsp3) is 0.421. The Labute approximate surface area is 158 Å². The maximum Gasteiger partial charge on any atom is 0.276 e. The predicted molar refractivity (Wildman–Crippen MR) is 104 cm³/mol.